The van der Waals surface area contributed by atoms with E-state index in [1.165, 1.54) is 30.2 Å². The maximum Gasteiger partial charge on any atom is 0.416 e. The lowest BCUT2D eigenvalue weighted by Crippen LogP contribution is -2.67. The molecule has 0 saturated carbocycles. The average molecular weight is 465 g/mol. The van der Waals surface area contributed by atoms with Crippen molar-refractivity contribution in [1.29, 1.82) is 0 Å². The van der Waals surface area contributed by atoms with Gasteiger partial charge in [0, 0.05) is 17.1 Å². The van der Waals surface area contributed by atoms with Gasteiger partial charge in [-0.1, -0.05) is 18.2 Å². The van der Waals surface area contributed by atoms with Gasteiger partial charge in [0.05, 0.1) is 23.8 Å². The minimum absolute atomic E-state index is 0.189. The number of imide groups is 1. The largest absolute Gasteiger partial charge is 0.465 e. The van der Waals surface area contributed by atoms with Gasteiger partial charge in [0.2, 0.25) is 0 Å². The summed E-state index contributed by atoms with van der Waals surface area (Å²) in [6, 6.07) is 12.8. The van der Waals surface area contributed by atoms with Crippen LogP contribution in [0.2, 0.25) is 0 Å². The molecule has 3 amide bonds. The molecule has 178 valence electrons. The number of para-hydroxylation sites is 1. The third-order valence-corrected chi connectivity index (χ3v) is 6.52. The molecule has 1 fully saturated rings. The SMILES string of the molecule is COC(=O)c1ccc2c(c1)C(=O)N(C1CC(C)(C)N(C(=O)Oc3ccccc3)C(C)(C)C1)C2=O. The van der Waals surface area contributed by atoms with Crippen molar-refractivity contribution in [3.05, 3.63) is 65.2 Å². The van der Waals surface area contributed by atoms with Crippen molar-refractivity contribution in [3.8, 4) is 5.75 Å². The lowest BCUT2D eigenvalue weighted by Gasteiger charge is -2.55. The van der Waals surface area contributed by atoms with Gasteiger partial charge < -0.3 is 9.47 Å². The van der Waals surface area contributed by atoms with E-state index in [9.17, 15) is 19.2 Å². The molecule has 0 aromatic heterocycles. The van der Waals surface area contributed by atoms with Crippen LogP contribution < -0.4 is 4.74 Å². The average Bonchev–Trinajstić information content (AvgIpc) is 3.01. The summed E-state index contributed by atoms with van der Waals surface area (Å²) in [4.78, 5) is 54.6. The first-order valence-corrected chi connectivity index (χ1v) is 11.1. The van der Waals surface area contributed by atoms with Crippen LogP contribution in [0.3, 0.4) is 0 Å². The molecule has 0 spiro atoms. The Morgan fingerprint density at radius 1 is 0.882 bits per heavy atom. The summed E-state index contributed by atoms with van der Waals surface area (Å²) >= 11 is 0. The summed E-state index contributed by atoms with van der Waals surface area (Å²) in [5.74, 6) is -0.965. The molecule has 8 heteroatoms. The van der Waals surface area contributed by atoms with Crippen LogP contribution in [0, 0.1) is 0 Å². The van der Waals surface area contributed by atoms with E-state index in [1.807, 2.05) is 33.8 Å². The second-order valence-electron chi connectivity index (χ2n) is 9.94. The highest BCUT2D eigenvalue weighted by atomic mass is 16.6. The fourth-order valence-electron chi connectivity index (χ4n) is 5.38. The topological polar surface area (TPSA) is 93.2 Å². The molecule has 0 radical (unpaired) electrons. The molecule has 0 aliphatic carbocycles. The van der Waals surface area contributed by atoms with Gasteiger partial charge in [-0.25, -0.2) is 9.59 Å². The molecule has 34 heavy (non-hydrogen) atoms. The van der Waals surface area contributed by atoms with Crippen LogP contribution in [-0.2, 0) is 4.74 Å². The molecule has 0 N–H and O–H groups in total. The molecule has 2 aliphatic rings. The van der Waals surface area contributed by atoms with Gasteiger partial charge in [0.1, 0.15) is 5.75 Å². The van der Waals surface area contributed by atoms with Gasteiger partial charge in [-0.3, -0.25) is 19.4 Å². The standard InChI is InChI=1S/C26H28N2O6/c1-25(2)14-17(15-26(3,4)28(25)24(32)34-18-9-7-6-8-10-18)27-21(29)19-12-11-16(23(31)33-5)13-20(19)22(27)30/h6-13,17H,14-15H2,1-5H3. The van der Waals surface area contributed by atoms with Crippen LogP contribution >= 0.6 is 0 Å². The number of hydrogen-bond acceptors (Lipinski definition) is 6. The van der Waals surface area contributed by atoms with Gasteiger partial charge in [-0.05, 0) is 70.9 Å². The summed E-state index contributed by atoms with van der Waals surface area (Å²) in [6.07, 6.45) is 0.287. The second kappa shape index (κ2) is 8.27. The first-order chi connectivity index (χ1) is 16.0. The van der Waals surface area contributed by atoms with E-state index in [-0.39, 0.29) is 16.7 Å². The van der Waals surface area contributed by atoms with E-state index >= 15 is 0 Å². The Kier molecular flexibility index (Phi) is 5.71. The molecule has 2 aromatic rings. The van der Waals surface area contributed by atoms with Crippen molar-refractivity contribution in [2.45, 2.75) is 57.7 Å². The number of carbonyl (C=O) groups excluding carboxylic acids is 4. The van der Waals surface area contributed by atoms with E-state index < -0.39 is 41.0 Å². The Morgan fingerprint density at radius 2 is 1.47 bits per heavy atom. The minimum atomic E-state index is -0.704. The van der Waals surface area contributed by atoms with E-state index in [1.54, 1.807) is 29.2 Å². The number of rotatable bonds is 3. The van der Waals surface area contributed by atoms with Crippen LogP contribution in [0.5, 0.6) is 5.75 Å². The summed E-state index contributed by atoms with van der Waals surface area (Å²) in [7, 11) is 1.26. The summed E-state index contributed by atoms with van der Waals surface area (Å²) in [5, 5.41) is 0. The Balaban J connectivity index is 1.60. The summed E-state index contributed by atoms with van der Waals surface area (Å²) < 4.78 is 10.4. The molecule has 1 saturated heterocycles. The lowest BCUT2D eigenvalue weighted by atomic mass is 9.76. The number of benzene rings is 2. The number of hydrogen-bond donors (Lipinski definition) is 0. The van der Waals surface area contributed by atoms with Crippen LogP contribution in [0.25, 0.3) is 0 Å². The Bertz CT molecular complexity index is 1150. The van der Waals surface area contributed by atoms with Crippen LogP contribution in [0.1, 0.15) is 71.6 Å². The van der Waals surface area contributed by atoms with Crippen molar-refractivity contribution in [2.75, 3.05) is 7.11 Å². The van der Waals surface area contributed by atoms with E-state index in [0.29, 0.717) is 18.6 Å². The molecule has 0 bridgehead atoms. The molecule has 0 unspecified atom stereocenters. The van der Waals surface area contributed by atoms with Crippen molar-refractivity contribution < 1.29 is 28.7 Å². The second-order valence-corrected chi connectivity index (χ2v) is 9.94. The highest BCUT2D eigenvalue weighted by Crippen LogP contribution is 2.42. The number of nitrogens with zero attached hydrogens (tertiary/aromatic N) is 2. The number of methoxy groups -OCH3 is 1. The third kappa shape index (κ3) is 3.93. The fourth-order valence-corrected chi connectivity index (χ4v) is 5.38. The fraction of sp³-hybridized carbons (Fsp3) is 0.385. The summed E-state index contributed by atoms with van der Waals surface area (Å²) in [5.41, 5.74) is -0.743. The van der Waals surface area contributed by atoms with Gasteiger partial charge >= 0.3 is 12.1 Å². The molecular formula is C26H28N2O6. The van der Waals surface area contributed by atoms with E-state index in [4.69, 9.17) is 9.47 Å². The number of esters is 1. The van der Waals surface area contributed by atoms with Crippen LogP contribution in [-0.4, -0.2) is 57.9 Å². The van der Waals surface area contributed by atoms with Gasteiger partial charge in [0.25, 0.3) is 11.8 Å². The van der Waals surface area contributed by atoms with Crippen molar-refractivity contribution >= 4 is 23.9 Å². The number of ether oxygens (including phenoxy) is 2. The molecule has 0 atom stereocenters. The van der Waals surface area contributed by atoms with Crippen molar-refractivity contribution in [2.24, 2.45) is 0 Å². The normalized spacial score (nSPS) is 19.1. The lowest BCUT2D eigenvalue weighted by molar-refractivity contribution is -0.0352. The Labute approximate surface area is 198 Å². The van der Waals surface area contributed by atoms with Crippen LogP contribution in [0.15, 0.2) is 48.5 Å². The quantitative estimate of drug-likeness (QED) is 0.497. The highest BCUT2D eigenvalue weighted by molar-refractivity contribution is 6.22. The minimum Gasteiger partial charge on any atom is -0.465 e. The van der Waals surface area contributed by atoms with Gasteiger partial charge in [0.15, 0.2) is 0 Å². The molecule has 2 aromatic carbocycles. The first kappa shape index (κ1) is 23.5. The zero-order valence-corrected chi connectivity index (χ0v) is 20.0. The Hall–Kier alpha value is -3.68. The maximum absolute atomic E-state index is 13.3. The monoisotopic (exact) mass is 464 g/mol. The number of likely N-dealkylation sites (tertiary alicyclic amines) is 1. The van der Waals surface area contributed by atoms with E-state index in [2.05, 4.69) is 0 Å². The zero-order chi connectivity index (χ0) is 24.8. The highest BCUT2D eigenvalue weighted by Gasteiger charge is 2.53. The zero-order valence-electron chi connectivity index (χ0n) is 20.0. The predicted octanol–water partition coefficient (Wildman–Crippen LogP) is 4.29. The number of amides is 3. The molecule has 8 nitrogen and oxygen atoms in total. The van der Waals surface area contributed by atoms with Gasteiger partial charge in [-0.15, -0.1) is 0 Å². The first-order valence-electron chi connectivity index (χ1n) is 11.1. The molecule has 2 aliphatic heterocycles. The number of piperidine rings is 1. The van der Waals surface area contributed by atoms with E-state index in [0.717, 1.165) is 0 Å². The predicted molar refractivity (Wildman–Crippen MR) is 124 cm³/mol. The van der Waals surface area contributed by atoms with Gasteiger partial charge in [-0.2, -0.15) is 0 Å². The molecule has 4 rings (SSSR count). The number of fused-ring (bicyclic) bond motifs is 1. The van der Waals surface area contributed by atoms with Crippen LogP contribution in [0.4, 0.5) is 4.79 Å². The van der Waals surface area contributed by atoms with Crippen molar-refractivity contribution in [3.63, 3.8) is 0 Å². The Morgan fingerprint density at radius 3 is 2.06 bits per heavy atom. The number of carbonyl (C=O) groups is 4. The third-order valence-electron chi connectivity index (χ3n) is 6.52. The molecule has 2 heterocycles. The smallest absolute Gasteiger partial charge is 0.416 e. The summed E-state index contributed by atoms with van der Waals surface area (Å²) in [6.45, 7) is 7.61. The maximum atomic E-state index is 13.3. The molecular weight excluding hydrogens is 436 g/mol. The van der Waals surface area contributed by atoms with Crippen molar-refractivity contribution in [1.82, 2.24) is 9.80 Å².